The van der Waals surface area contributed by atoms with Crippen LogP contribution in [0.5, 0.6) is 0 Å². The SMILES string of the molecule is CC(C)C(C)C(C)[O+](C)C. The molecule has 0 aromatic carbocycles. The first-order chi connectivity index (χ1) is 4.46. The quantitative estimate of drug-likeness (QED) is 0.537. The summed E-state index contributed by atoms with van der Waals surface area (Å²) in [5, 5.41) is 0. The van der Waals surface area contributed by atoms with Gasteiger partial charge in [-0.25, -0.2) is 0 Å². The van der Waals surface area contributed by atoms with Gasteiger partial charge in [0.15, 0.2) is 6.10 Å². The largest absolute Gasteiger partial charge is 0.424 e. The number of hydrogen-bond acceptors (Lipinski definition) is 0. The maximum atomic E-state index is 3.01. The summed E-state index contributed by atoms with van der Waals surface area (Å²) in [7, 11) is 4.12. The molecule has 0 fully saturated rings. The van der Waals surface area contributed by atoms with Gasteiger partial charge < -0.3 is 4.37 Å². The molecule has 0 aliphatic carbocycles. The van der Waals surface area contributed by atoms with Gasteiger partial charge in [-0.3, -0.25) is 0 Å². The van der Waals surface area contributed by atoms with E-state index in [1.54, 1.807) is 0 Å². The van der Waals surface area contributed by atoms with E-state index in [4.69, 9.17) is 0 Å². The van der Waals surface area contributed by atoms with Crippen LogP contribution >= 0.6 is 0 Å². The van der Waals surface area contributed by atoms with Crippen LogP contribution in [-0.4, -0.2) is 20.3 Å². The van der Waals surface area contributed by atoms with Gasteiger partial charge in [-0.2, -0.15) is 0 Å². The summed E-state index contributed by atoms with van der Waals surface area (Å²) < 4.78 is 3.01. The molecule has 0 saturated heterocycles. The maximum Gasteiger partial charge on any atom is 0.155 e. The monoisotopic (exact) mass is 145 g/mol. The Labute approximate surface area is 65.1 Å². The Morgan fingerprint density at radius 2 is 1.30 bits per heavy atom. The molecule has 0 saturated carbocycles. The van der Waals surface area contributed by atoms with Crippen LogP contribution in [-0.2, 0) is 4.37 Å². The Morgan fingerprint density at radius 3 is 1.40 bits per heavy atom. The van der Waals surface area contributed by atoms with Gasteiger partial charge in [-0.15, -0.1) is 0 Å². The fraction of sp³-hybridized carbons (Fsp3) is 1.00. The topological polar surface area (TPSA) is 2.70 Å². The van der Waals surface area contributed by atoms with Crippen LogP contribution in [0, 0.1) is 11.8 Å². The zero-order chi connectivity index (χ0) is 8.31. The van der Waals surface area contributed by atoms with Gasteiger partial charge in [0.2, 0.25) is 0 Å². The van der Waals surface area contributed by atoms with Crippen molar-refractivity contribution in [2.24, 2.45) is 11.8 Å². The minimum atomic E-state index is 0.611. The molecule has 2 atom stereocenters. The lowest BCUT2D eigenvalue weighted by Crippen LogP contribution is -2.27. The standard InChI is InChI=1S/C9H21O/c1-7(2)8(3)9(4)10(5)6/h7-9H,1-6H3/q+1. The van der Waals surface area contributed by atoms with Crippen molar-refractivity contribution >= 4 is 0 Å². The third-order valence-electron chi connectivity index (χ3n) is 2.54. The van der Waals surface area contributed by atoms with E-state index < -0.39 is 0 Å². The predicted octanol–water partition coefficient (Wildman–Crippen LogP) is 2.48. The molecule has 0 amide bonds. The lowest BCUT2D eigenvalue weighted by Gasteiger charge is -2.25. The van der Waals surface area contributed by atoms with E-state index in [1.807, 2.05) is 0 Å². The van der Waals surface area contributed by atoms with Crippen LogP contribution < -0.4 is 0 Å². The Bertz CT molecular complexity index is 74.7. The summed E-state index contributed by atoms with van der Waals surface area (Å²) >= 11 is 0. The first-order valence-corrected chi connectivity index (χ1v) is 4.03. The predicted molar refractivity (Wildman–Crippen MR) is 46.4 cm³/mol. The molecule has 0 aromatic rings. The average molecular weight is 145 g/mol. The van der Waals surface area contributed by atoms with E-state index in [0.29, 0.717) is 6.10 Å². The van der Waals surface area contributed by atoms with E-state index in [9.17, 15) is 0 Å². The normalized spacial score (nSPS) is 18.0. The highest BCUT2D eigenvalue weighted by molar-refractivity contribution is 4.65. The summed E-state index contributed by atoms with van der Waals surface area (Å²) in [6.07, 6.45) is 0.611. The van der Waals surface area contributed by atoms with Crippen molar-refractivity contribution in [2.45, 2.75) is 33.8 Å². The van der Waals surface area contributed by atoms with Crippen LogP contribution in [0.2, 0.25) is 0 Å². The number of hydrogen-bond donors (Lipinski definition) is 0. The third-order valence-corrected chi connectivity index (χ3v) is 2.54. The second kappa shape index (κ2) is 3.97. The minimum Gasteiger partial charge on any atom is -0.424 e. The molecule has 0 aromatic heterocycles. The van der Waals surface area contributed by atoms with Crippen molar-refractivity contribution in [2.75, 3.05) is 14.2 Å². The van der Waals surface area contributed by atoms with Gasteiger partial charge in [0.25, 0.3) is 0 Å². The Morgan fingerprint density at radius 1 is 0.900 bits per heavy atom. The van der Waals surface area contributed by atoms with E-state index >= 15 is 0 Å². The van der Waals surface area contributed by atoms with Crippen LogP contribution in [0.1, 0.15) is 27.7 Å². The Hall–Kier alpha value is -0.0400. The summed E-state index contributed by atoms with van der Waals surface area (Å²) in [4.78, 5) is 0. The number of rotatable bonds is 3. The average Bonchev–Trinajstić information content (AvgIpc) is 1.84. The molecule has 10 heavy (non-hydrogen) atoms. The molecule has 0 heterocycles. The first-order valence-electron chi connectivity index (χ1n) is 4.03. The second-order valence-electron chi connectivity index (χ2n) is 3.69. The molecule has 1 heteroatoms. The zero-order valence-electron chi connectivity index (χ0n) is 8.14. The van der Waals surface area contributed by atoms with E-state index in [-0.39, 0.29) is 0 Å². The highest BCUT2D eigenvalue weighted by Gasteiger charge is 2.21. The molecule has 0 radical (unpaired) electrons. The smallest absolute Gasteiger partial charge is 0.155 e. The molecule has 0 bridgehead atoms. The van der Waals surface area contributed by atoms with E-state index in [0.717, 1.165) is 11.8 Å². The van der Waals surface area contributed by atoms with Crippen LogP contribution in [0.4, 0.5) is 0 Å². The van der Waals surface area contributed by atoms with Gasteiger partial charge in [0, 0.05) is 12.8 Å². The van der Waals surface area contributed by atoms with Gasteiger partial charge >= 0.3 is 0 Å². The molecule has 2 unspecified atom stereocenters. The van der Waals surface area contributed by atoms with Crippen molar-refractivity contribution in [1.29, 1.82) is 0 Å². The highest BCUT2D eigenvalue weighted by Crippen LogP contribution is 2.18. The summed E-state index contributed by atoms with van der Waals surface area (Å²) in [5.41, 5.74) is 0. The van der Waals surface area contributed by atoms with Crippen molar-refractivity contribution in [1.82, 2.24) is 0 Å². The van der Waals surface area contributed by atoms with Gasteiger partial charge in [0.05, 0.1) is 0 Å². The fourth-order valence-electron chi connectivity index (χ4n) is 0.971. The highest BCUT2D eigenvalue weighted by atomic mass is 16.7. The van der Waals surface area contributed by atoms with E-state index in [1.165, 1.54) is 0 Å². The molecular formula is C9H21O+. The minimum absolute atomic E-state index is 0.611. The molecule has 1 nitrogen and oxygen atoms in total. The Kier molecular flexibility index (Phi) is 3.95. The van der Waals surface area contributed by atoms with Crippen molar-refractivity contribution < 1.29 is 4.37 Å². The lowest BCUT2D eigenvalue weighted by molar-refractivity contribution is -0.137. The van der Waals surface area contributed by atoms with Gasteiger partial charge in [0.1, 0.15) is 14.2 Å². The summed E-state index contributed by atoms with van der Waals surface area (Å²) in [6.45, 7) is 9.08. The van der Waals surface area contributed by atoms with Crippen molar-refractivity contribution in [3.05, 3.63) is 0 Å². The fourth-order valence-corrected chi connectivity index (χ4v) is 0.971. The maximum absolute atomic E-state index is 3.01. The molecule has 0 aliphatic rings. The van der Waals surface area contributed by atoms with Crippen molar-refractivity contribution in [3.8, 4) is 0 Å². The molecule has 0 rings (SSSR count). The Balaban J connectivity index is 3.81. The zero-order valence-corrected chi connectivity index (χ0v) is 8.14. The van der Waals surface area contributed by atoms with Crippen molar-refractivity contribution in [3.63, 3.8) is 0 Å². The molecule has 0 spiro atoms. The van der Waals surface area contributed by atoms with Crippen LogP contribution in [0.25, 0.3) is 0 Å². The molecular weight excluding hydrogens is 124 g/mol. The molecule has 62 valence electrons. The summed E-state index contributed by atoms with van der Waals surface area (Å²) in [5.74, 6) is 1.52. The molecule has 0 N–H and O–H groups in total. The van der Waals surface area contributed by atoms with Gasteiger partial charge in [-0.05, 0) is 5.92 Å². The summed E-state index contributed by atoms with van der Waals surface area (Å²) in [6, 6.07) is 0. The van der Waals surface area contributed by atoms with Crippen LogP contribution in [0.15, 0.2) is 0 Å². The van der Waals surface area contributed by atoms with Gasteiger partial charge in [-0.1, -0.05) is 20.8 Å². The van der Waals surface area contributed by atoms with E-state index in [2.05, 4.69) is 46.3 Å². The molecule has 0 aliphatic heterocycles. The second-order valence-corrected chi connectivity index (χ2v) is 3.69. The lowest BCUT2D eigenvalue weighted by atomic mass is 9.93. The first kappa shape index (κ1) is 9.96. The third kappa shape index (κ3) is 2.70. The van der Waals surface area contributed by atoms with Crippen LogP contribution in [0.3, 0.4) is 0 Å².